The van der Waals surface area contributed by atoms with E-state index in [0.717, 1.165) is 17.8 Å². The Morgan fingerprint density at radius 3 is 2.92 bits per heavy atom. The maximum atomic E-state index is 12.8. The number of hydrogen-bond acceptors (Lipinski definition) is 6. The summed E-state index contributed by atoms with van der Waals surface area (Å²) < 4.78 is 2.00. The van der Waals surface area contributed by atoms with E-state index < -0.39 is 0 Å². The van der Waals surface area contributed by atoms with Crippen LogP contribution in [-0.4, -0.2) is 43.6 Å². The Kier molecular flexibility index (Phi) is 4.92. The Morgan fingerprint density at radius 1 is 1.23 bits per heavy atom. The van der Waals surface area contributed by atoms with Gasteiger partial charge in [-0.05, 0) is 34.5 Å². The van der Waals surface area contributed by atoms with Gasteiger partial charge in [0.15, 0.2) is 0 Å². The molecule has 7 nitrogen and oxygen atoms in total. The van der Waals surface area contributed by atoms with Crippen LogP contribution in [0.3, 0.4) is 0 Å². The van der Waals surface area contributed by atoms with Crippen molar-refractivity contribution >= 4 is 23.2 Å². The maximum absolute atomic E-state index is 12.8. The second kappa shape index (κ2) is 7.65. The molecule has 0 radical (unpaired) electrons. The second-order valence-electron chi connectivity index (χ2n) is 6.41. The summed E-state index contributed by atoms with van der Waals surface area (Å²) in [5.74, 6) is 0.985. The van der Waals surface area contributed by atoms with Gasteiger partial charge in [-0.2, -0.15) is 16.4 Å². The van der Waals surface area contributed by atoms with Gasteiger partial charge < -0.3 is 10.2 Å². The van der Waals surface area contributed by atoms with Crippen LogP contribution in [0.15, 0.2) is 47.5 Å². The monoisotopic (exact) mass is 368 g/mol. The summed E-state index contributed by atoms with van der Waals surface area (Å²) in [6.07, 6.45) is 5.67. The molecule has 1 aliphatic rings. The number of anilines is 1. The van der Waals surface area contributed by atoms with E-state index in [1.54, 1.807) is 36.0 Å². The lowest BCUT2D eigenvalue weighted by Crippen LogP contribution is -2.37. The number of nitrogens with one attached hydrogen (secondary N) is 1. The number of amides is 1. The second-order valence-corrected chi connectivity index (χ2v) is 7.19. The van der Waals surface area contributed by atoms with Crippen molar-refractivity contribution in [2.75, 3.05) is 18.4 Å². The zero-order chi connectivity index (χ0) is 17.8. The molecule has 0 aliphatic carbocycles. The van der Waals surface area contributed by atoms with Crippen molar-refractivity contribution in [3.63, 3.8) is 0 Å². The zero-order valence-electron chi connectivity index (χ0n) is 14.3. The van der Waals surface area contributed by atoms with E-state index in [4.69, 9.17) is 0 Å². The third-order valence-corrected chi connectivity index (χ3v) is 5.20. The van der Waals surface area contributed by atoms with Gasteiger partial charge in [-0.25, -0.2) is 9.97 Å². The number of thiophene rings is 1. The molecule has 134 valence electrons. The molecule has 0 saturated heterocycles. The number of rotatable bonds is 5. The van der Waals surface area contributed by atoms with Crippen LogP contribution in [0.1, 0.15) is 11.3 Å². The molecule has 0 aromatic carbocycles. The summed E-state index contributed by atoms with van der Waals surface area (Å²) in [6, 6.07) is 5.79. The Hall–Kier alpha value is -2.74. The van der Waals surface area contributed by atoms with Crippen LogP contribution in [0.2, 0.25) is 0 Å². The minimum atomic E-state index is 0.152. The molecule has 1 atom stereocenters. The lowest BCUT2D eigenvalue weighted by atomic mass is 10.1. The summed E-state index contributed by atoms with van der Waals surface area (Å²) in [5, 5.41) is 11.7. The van der Waals surface area contributed by atoms with E-state index in [0.29, 0.717) is 32.0 Å². The van der Waals surface area contributed by atoms with Crippen LogP contribution in [0.4, 0.5) is 5.95 Å². The first-order chi connectivity index (χ1) is 12.8. The number of aromatic nitrogens is 4. The molecule has 3 aromatic rings. The SMILES string of the molecule is O=C(Cc1ccsc1)N1Cc2ccnn2C[C@H](CNc2ncccn2)C1. The minimum absolute atomic E-state index is 0.152. The third-order valence-electron chi connectivity index (χ3n) is 4.47. The average molecular weight is 368 g/mol. The molecule has 4 rings (SSSR count). The maximum Gasteiger partial charge on any atom is 0.227 e. The molecule has 4 heterocycles. The highest BCUT2D eigenvalue weighted by molar-refractivity contribution is 7.08. The lowest BCUT2D eigenvalue weighted by molar-refractivity contribution is -0.131. The van der Waals surface area contributed by atoms with Gasteiger partial charge in [-0.1, -0.05) is 0 Å². The largest absolute Gasteiger partial charge is 0.354 e. The van der Waals surface area contributed by atoms with Gasteiger partial charge in [-0.15, -0.1) is 0 Å². The minimum Gasteiger partial charge on any atom is -0.354 e. The van der Waals surface area contributed by atoms with Crippen LogP contribution in [-0.2, 0) is 24.3 Å². The summed E-state index contributed by atoms with van der Waals surface area (Å²) in [6.45, 7) is 2.74. The quantitative estimate of drug-likeness (QED) is 0.746. The Bertz CT molecular complexity index is 848. The lowest BCUT2D eigenvalue weighted by Gasteiger charge is -2.24. The highest BCUT2D eigenvalue weighted by Gasteiger charge is 2.25. The molecular formula is C18H20N6OS. The van der Waals surface area contributed by atoms with Crippen LogP contribution in [0.25, 0.3) is 0 Å². The Labute approximate surface area is 155 Å². The van der Waals surface area contributed by atoms with Gasteiger partial charge in [-0.3, -0.25) is 9.48 Å². The molecule has 0 spiro atoms. The van der Waals surface area contributed by atoms with E-state index >= 15 is 0 Å². The fraction of sp³-hybridized carbons (Fsp3) is 0.333. The van der Waals surface area contributed by atoms with E-state index in [9.17, 15) is 4.79 Å². The number of nitrogens with zero attached hydrogens (tertiary/aromatic N) is 5. The number of fused-ring (bicyclic) bond motifs is 1. The van der Waals surface area contributed by atoms with Crippen molar-refractivity contribution in [1.82, 2.24) is 24.6 Å². The fourth-order valence-electron chi connectivity index (χ4n) is 3.16. The summed E-state index contributed by atoms with van der Waals surface area (Å²) in [4.78, 5) is 23.2. The van der Waals surface area contributed by atoms with Gasteiger partial charge in [0.25, 0.3) is 0 Å². The van der Waals surface area contributed by atoms with Crippen molar-refractivity contribution in [2.24, 2.45) is 5.92 Å². The van der Waals surface area contributed by atoms with E-state index in [1.165, 1.54) is 0 Å². The van der Waals surface area contributed by atoms with Crippen molar-refractivity contribution < 1.29 is 4.79 Å². The first kappa shape index (κ1) is 16.7. The Morgan fingerprint density at radius 2 is 2.12 bits per heavy atom. The highest BCUT2D eigenvalue weighted by Crippen LogP contribution is 2.18. The molecule has 26 heavy (non-hydrogen) atoms. The predicted octanol–water partition coefficient (Wildman–Crippen LogP) is 2.05. The molecule has 0 bridgehead atoms. The smallest absolute Gasteiger partial charge is 0.227 e. The molecule has 8 heteroatoms. The van der Waals surface area contributed by atoms with Crippen molar-refractivity contribution in [3.8, 4) is 0 Å². The van der Waals surface area contributed by atoms with E-state index in [-0.39, 0.29) is 11.8 Å². The zero-order valence-corrected chi connectivity index (χ0v) is 15.1. The average Bonchev–Trinajstić information content (AvgIpc) is 3.29. The summed E-state index contributed by atoms with van der Waals surface area (Å²) in [7, 11) is 0. The first-order valence-electron chi connectivity index (χ1n) is 8.58. The highest BCUT2D eigenvalue weighted by atomic mass is 32.1. The Balaban J connectivity index is 1.47. The third kappa shape index (κ3) is 3.91. The topological polar surface area (TPSA) is 75.9 Å². The van der Waals surface area contributed by atoms with Crippen LogP contribution < -0.4 is 5.32 Å². The number of carbonyl (C=O) groups is 1. The van der Waals surface area contributed by atoms with Crippen LogP contribution in [0.5, 0.6) is 0 Å². The van der Waals surface area contributed by atoms with E-state index in [1.807, 2.05) is 32.5 Å². The molecule has 3 aromatic heterocycles. The standard InChI is InChI=1S/C18H20N6OS/c25-17(8-14-3-7-26-13-14)23-10-15(9-21-18-19-4-1-5-20-18)11-24-16(12-23)2-6-22-24/h1-7,13,15H,8-12H2,(H,19,20,21)/t15-/m1/s1. The van der Waals surface area contributed by atoms with Crippen molar-refractivity contribution in [2.45, 2.75) is 19.5 Å². The van der Waals surface area contributed by atoms with Gasteiger partial charge in [0, 0.05) is 44.1 Å². The normalized spacial score (nSPS) is 16.8. The summed E-state index contributed by atoms with van der Waals surface area (Å²) in [5.41, 5.74) is 2.15. The van der Waals surface area contributed by atoms with Gasteiger partial charge in [0.05, 0.1) is 18.7 Å². The fourth-order valence-corrected chi connectivity index (χ4v) is 3.83. The van der Waals surface area contributed by atoms with Crippen LogP contribution in [0, 0.1) is 5.92 Å². The van der Waals surface area contributed by atoms with Gasteiger partial charge >= 0.3 is 0 Å². The van der Waals surface area contributed by atoms with Gasteiger partial charge in [0.1, 0.15) is 0 Å². The van der Waals surface area contributed by atoms with Crippen molar-refractivity contribution in [1.29, 1.82) is 0 Å². The number of hydrogen-bond donors (Lipinski definition) is 1. The molecule has 0 fully saturated rings. The van der Waals surface area contributed by atoms with Crippen molar-refractivity contribution in [3.05, 3.63) is 58.8 Å². The van der Waals surface area contributed by atoms with E-state index in [2.05, 4.69) is 20.4 Å². The molecule has 1 N–H and O–H groups in total. The molecular weight excluding hydrogens is 348 g/mol. The summed E-state index contributed by atoms with van der Waals surface area (Å²) >= 11 is 1.62. The molecule has 1 aliphatic heterocycles. The number of carbonyl (C=O) groups excluding carboxylic acids is 1. The molecule has 0 unspecified atom stereocenters. The molecule has 0 saturated carbocycles. The molecule has 1 amide bonds. The van der Waals surface area contributed by atoms with Gasteiger partial charge in [0.2, 0.25) is 11.9 Å². The van der Waals surface area contributed by atoms with Crippen LogP contribution >= 0.6 is 11.3 Å². The predicted molar refractivity (Wildman–Crippen MR) is 99.7 cm³/mol. The first-order valence-corrected chi connectivity index (χ1v) is 9.52.